The van der Waals surface area contributed by atoms with Crippen LogP contribution in [0.3, 0.4) is 0 Å². The van der Waals surface area contributed by atoms with E-state index in [4.69, 9.17) is 5.26 Å². The molecule has 0 bridgehead atoms. The summed E-state index contributed by atoms with van der Waals surface area (Å²) >= 11 is 0. The molecule has 0 saturated carbocycles. The number of hydrogen-bond donors (Lipinski definition) is 1. The van der Waals surface area contributed by atoms with Gasteiger partial charge in [-0.2, -0.15) is 5.26 Å². The van der Waals surface area contributed by atoms with E-state index in [1.165, 1.54) is 12.1 Å². The van der Waals surface area contributed by atoms with Crippen LogP contribution in [0.2, 0.25) is 0 Å². The van der Waals surface area contributed by atoms with Crippen LogP contribution >= 0.6 is 0 Å². The lowest BCUT2D eigenvalue weighted by atomic mass is 10.2. The summed E-state index contributed by atoms with van der Waals surface area (Å²) in [6, 6.07) is 14.9. The highest BCUT2D eigenvalue weighted by molar-refractivity contribution is 7.92. The van der Waals surface area contributed by atoms with Crippen molar-refractivity contribution >= 4 is 21.4 Å². The molecule has 108 valence electrons. The minimum absolute atomic E-state index is 0.0678. The number of benzene rings is 2. The van der Waals surface area contributed by atoms with Gasteiger partial charge in [0.25, 0.3) is 10.0 Å². The van der Waals surface area contributed by atoms with Crippen LogP contribution in [-0.4, -0.2) is 22.5 Å². The fourth-order valence-corrected chi connectivity index (χ4v) is 2.88. The fraction of sp³-hybridized carbons (Fsp3) is 0.133. The highest BCUT2D eigenvalue weighted by atomic mass is 32.2. The van der Waals surface area contributed by atoms with Crippen molar-refractivity contribution in [2.75, 3.05) is 23.7 Å². The average molecular weight is 301 g/mol. The van der Waals surface area contributed by atoms with Gasteiger partial charge < -0.3 is 4.90 Å². The molecule has 0 aromatic heterocycles. The summed E-state index contributed by atoms with van der Waals surface area (Å²) in [6.45, 7) is 0. The van der Waals surface area contributed by atoms with Crippen molar-refractivity contribution in [3.8, 4) is 6.07 Å². The maximum atomic E-state index is 12.3. The van der Waals surface area contributed by atoms with Crippen molar-refractivity contribution < 1.29 is 8.42 Å². The molecule has 0 aliphatic rings. The second-order valence-electron chi connectivity index (χ2n) is 4.69. The molecule has 0 aliphatic heterocycles. The predicted molar refractivity (Wildman–Crippen MR) is 82.7 cm³/mol. The van der Waals surface area contributed by atoms with Crippen molar-refractivity contribution in [3.63, 3.8) is 0 Å². The van der Waals surface area contributed by atoms with E-state index in [0.717, 1.165) is 5.69 Å². The van der Waals surface area contributed by atoms with Crippen molar-refractivity contribution in [2.24, 2.45) is 0 Å². The zero-order valence-corrected chi connectivity index (χ0v) is 12.6. The van der Waals surface area contributed by atoms with Crippen LogP contribution < -0.4 is 9.62 Å². The maximum Gasteiger partial charge on any atom is 0.261 e. The van der Waals surface area contributed by atoms with Crippen LogP contribution in [-0.2, 0) is 10.0 Å². The van der Waals surface area contributed by atoms with Gasteiger partial charge in [0.05, 0.1) is 16.5 Å². The van der Waals surface area contributed by atoms with E-state index in [-0.39, 0.29) is 4.90 Å². The molecule has 0 unspecified atom stereocenters. The minimum atomic E-state index is -3.69. The Kier molecular flexibility index (Phi) is 4.15. The van der Waals surface area contributed by atoms with Gasteiger partial charge in [0, 0.05) is 25.5 Å². The largest absolute Gasteiger partial charge is 0.378 e. The molecule has 0 amide bonds. The summed E-state index contributed by atoms with van der Waals surface area (Å²) in [5, 5.41) is 8.83. The normalized spacial score (nSPS) is 10.7. The molecule has 0 heterocycles. The number of nitriles is 1. The van der Waals surface area contributed by atoms with Gasteiger partial charge in [-0.1, -0.05) is 6.07 Å². The van der Waals surface area contributed by atoms with E-state index >= 15 is 0 Å². The van der Waals surface area contributed by atoms with Crippen LogP contribution in [0.1, 0.15) is 5.56 Å². The van der Waals surface area contributed by atoms with E-state index in [9.17, 15) is 8.42 Å². The molecule has 0 fully saturated rings. The summed E-state index contributed by atoms with van der Waals surface area (Å²) in [7, 11) is 0.125. The summed E-state index contributed by atoms with van der Waals surface area (Å²) in [5.41, 5.74) is 1.76. The van der Waals surface area contributed by atoms with E-state index in [0.29, 0.717) is 11.3 Å². The van der Waals surface area contributed by atoms with Gasteiger partial charge in [-0.15, -0.1) is 0 Å². The van der Waals surface area contributed by atoms with Crippen molar-refractivity contribution in [1.82, 2.24) is 0 Å². The third-order valence-electron chi connectivity index (χ3n) is 2.91. The van der Waals surface area contributed by atoms with Gasteiger partial charge in [-0.3, -0.25) is 4.72 Å². The van der Waals surface area contributed by atoms with Gasteiger partial charge in [-0.05, 0) is 42.5 Å². The van der Waals surface area contributed by atoms with Gasteiger partial charge in [-0.25, -0.2) is 8.42 Å². The lowest BCUT2D eigenvalue weighted by molar-refractivity contribution is 0.601. The molecular weight excluding hydrogens is 286 g/mol. The second kappa shape index (κ2) is 5.85. The van der Waals surface area contributed by atoms with Crippen LogP contribution in [0, 0.1) is 11.3 Å². The highest BCUT2D eigenvalue weighted by Crippen LogP contribution is 2.20. The number of sulfonamides is 1. The van der Waals surface area contributed by atoms with Gasteiger partial charge >= 0.3 is 0 Å². The van der Waals surface area contributed by atoms with Crippen molar-refractivity contribution in [2.45, 2.75) is 4.90 Å². The van der Waals surface area contributed by atoms with Crippen LogP contribution in [0.5, 0.6) is 0 Å². The summed E-state index contributed by atoms with van der Waals surface area (Å²) < 4.78 is 27.0. The smallest absolute Gasteiger partial charge is 0.261 e. The van der Waals surface area contributed by atoms with Gasteiger partial charge in [0.2, 0.25) is 0 Å². The van der Waals surface area contributed by atoms with Gasteiger partial charge in [0.15, 0.2) is 0 Å². The lowest BCUT2D eigenvalue weighted by Crippen LogP contribution is -2.13. The van der Waals surface area contributed by atoms with Crippen LogP contribution in [0.15, 0.2) is 53.4 Å². The molecule has 2 aromatic carbocycles. The summed E-state index contributed by atoms with van der Waals surface area (Å²) in [6.07, 6.45) is 0. The second-order valence-corrected chi connectivity index (χ2v) is 6.37. The molecule has 6 heteroatoms. The van der Waals surface area contributed by atoms with E-state index in [1.807, 2.05) is 37.2 Å². The molecule has 1 N–H and O–H groups in total. The topological polar surface area (TPSA) is 73.2 Å². The lowest BCUT2D eigenvalue weighted by Gasteiger charge is -2.13. The van der Waals surface area contributed by atoms with Crippen molar-refractivity contribution in [1.29, 1.82) is 5.26 Å². The molecule has 0 saturated heterocycles. The minimum Gasteiger partial charge on any atom is -0.378 e. The molecule has 0 aliphatic carbocycles. The third kappa shape index (κ3) is 3.52. The Hall–Kier alpha value is -2.52. The van der Waals surface area contributed by atoms with Crippen LogP contribution in [0.4, 0.5) is 11.4 Å². The number of rotatable bonds is 4. The Morgan fingerprint density at radius 3 is 2.33 bits per heavy atom. The molecule has 5 nitrogen and oxygen atoms in total. The number of nitrogens with one attached hydrogen (secondary N) is 1. The Morgan fingerprint density at radius 1 is 1.10 bits per heavy atom. The van der Waals surface area contributed by atoms with E-state index < -0.39 is 10.0 Å². The highest BCUT2D eigenvalue weighted by Gasteiger charge is 2.14. The number of anilines is 2. The number of hydrogen-bond acceptors (Lipinski definition) is 4. The first-order chi connectivity index (χ1) is 9.92. The molecule has 2 rings (SSSR count). The Labute approximate surface area is 124 Å². The molecule has 0 atom stereocenters. The SMILES string of the molecule is CN(C)c1ccc(NS(=O)(=O)c2cccc(C#N)c2)cc1. The monoisotopic (exact) mass is 301 g/mol. The first kappa shape index (κ1) is 14.9. The molecular formula is C15H15N3O2S. The average Bonchev–Trinajstić information content (AvgIpc) is 2.47. The molecule has 0 spiro atoms. The van der Waals surface area contributed by atoms with E-state index in [2.05, 4.69) is 4.72 Å². The Morgan fingerprint density at radius 2 is 1.76 bits per heavy atom. The first-order valence-electron chi connectivity index (χ1n) is 6.23. The molecule has 21 heavy (non-hydrogen) atoms. The molecule has 2 aromatic rings. The van der Waals surface area contributed by atoms with E-state index in [1.54, 1.807) is 24.3 Å². The maximum absolute atomic E-state index is 12.3. The Bertz CT molecular complexity index is 775. The Balaban J connectivity index is 2.26. The summed E-state index contributed by atoms with van der Waals surface area (Å²) in [5.74, 6) is 0. The van der Waals surface area contributed by atoms with Crippen molar-refractivity contribution in [3.05, 3.63) is 54.1 Å². The fourth-order valence-electron chi connectivity index (χ4n) is 1.77. The van der Waals surface area contributed by atoms with Gasteiger partial charge in [0.1, 0.15) is 0 Å². The zero-order chi connectivity index (χ0) is 15.5. The zero-order valence-electron chi connectivity index (χ0n) is 11.7. The molecule has 0 radical (unpaired) electrons. The first-order valence-corrected chi connectivity index (χ1v) is 7.71. The standard InChI is InChI=1S/C15H15N3O2S/c1-18(2)14-8-6-13(7-9-14)17-21(19,20)15-5-3-4-12(10-15)11-16/h3-10,17H,1-2H3. The quantitative estimate of drug-likeness (QED) is 0.941. The summed E-state index contributed by atoms with van der Waals surface area (Å²) in [4.78, 5) is 1.99. The third-order valence-corrected chi connectivity index (χ3v) is 4.29. The number of nitrogens with zero attached hydrogens (tertiary/aromatic N) is 2. The van der Waals surface area contributed by atoms with Crippen LogP contribution in [0.25, 0.3) is 0 Å². The predicted octanol–water partition coefficient (Wildman–Crippen LogP) is 2.43.